The summed E-state index contributed by atoms with van der Waals surface area (Å²) in [5.74, 6) is 1.53. The predicted molar refractivity (Wildman–Crippen MR) is 84.3 cm³/mol. The van der Waals surface area contributed by atoms with Crippen LogP contribution >= 0.6 is 0 Å². The number of benzene rings is 2. The summed E-state index contributed by atoms with van der Waals surface area (Å²) in [6, 6.07) is 19.1. The highest BCUT2D eigenvalue weighted by atomic mass is 16.5. The fourth-order valence-electron chi connectivity index (χ4n) is 2.55. The van der Waals surface area contributed by atoms with Crippen LogP contribution in [0.1, 0.15) is 11.1 Å². The zero-order valence-corrected chi connectivity index (χ0v) is 12.3. The quantitative estimate of drug-likeness (QED) is 0.832. The van der Waals surface area contributed by atoms with Crippen molar-refractivity contribution in [2.24, 2.45) is 5.92 Å². The molecule has 0 aliphatic carbocycles. The van der Waals surface area contributed by atoms with Crippen molar-refractivity contribution >= 4 is 0 Å². The van der Waals surface area contributed by atoms with E-state index in [0.717, 1.165) is 25.1 Å². The van der Waals surface area contributed by atoms with Crippen LogP contribution in [0.2, 0.25) is 0 Å². The first kappa shape index (κ1) is 14.6. The van der Waals surface area contributed by atoms with Crippen molar-refractivity contribution in [2.45, 2.75) is 12.8 Å². The average Bonchev–Trinajstić information content (AvgIpc) is 2.49. The molecule has 106 valence electrons. The molecule has 20 heavy (non-hydrogen) atoms. The Morgan fingerprint density at radius 1 is 0.900 bits per heavy atom. The van der Waals surface area contributed by atoms with Crippen molar-refractivity contribution in [1.29, 1.82) is 0 Å². The molecule has 1 unspecified atom stereocenters. The van der Waals surface area contributed by atoms with Crippen molar-refractivity contribution < 1.29 is 4.74 Å². The second-order valence-corrected chi connectivity index (χ2v) is 5.17. The molecule has 2 aromatic carbocycles. The van der Waals surface area contributed by atoms with Gasteiger partial charge in [-0.3, -0.25) is 0 Å². The molecule has 1 atom stereocenters. The molecule has 1 N–H and O–H groups in total. The van der Waals surface area contributed by atoms with Crippen molar-refractivity contribution in [3.63, 3.8) is 0 Å². The first-order chi connectivity index (χ1) is 9.81. The van der Waals surface area contributed by atoms with Crippen LogP contribution in [-0.4, -0.2) is 20.7 Å². The van der Waals surface area contributed by atoms with Crippen LogP contribution in [0.25, 0.3) is 0 Å². The number of hydrogen-bond donors (Lipinski definition) is 1. The molecule has 0 aromatic heterocycles. The second kappa shape index (κ2) is 7.71. The van der Waals surface area contributed by atoms with Gasteiger partial charge in [0, 0.05) is 0 Å². The number of hydrogen-bond acceptors (Lipinski definition) is 2. The van der Waals surface area contributed by atoms with Crippen molar-refractivity contribution in [2.75, 3.05) is 20.7 Å². The van der Waals surface area contributed by atoms with Gasteiger partial charge < -0.3 is 10.1 Å². The molecule has 0 heterocycles. The maximum absolute atomic E-state index is 5.20. The van der Waals surface area contributed by atoms with Crippen LogP contribution in [0.15, 0.2) is 54.6 Å². The van der Waals surface area contributed by atoms with Gasteiger partial charge in [0.2, 0.25) is 0 Å². The Hall–Kier alpha value is -1.80. The van der Waals surface area contributed by atoms with E-state index in [1.165, 1.54) is 11.1 Å². The van der Waals surface area contributed by atoms with Crippen LogP contribution in [0, 0.1) is 5.92 Å². The van der Waals surface area contributed by atoms with Gasteiger partial charge in [-0.05, 0) is 55.6 Å². The summed E-state index contributed by atoms with van der Waals surface area (Å²) in [5.41, 5.74) is 2.77. The maximum atomic E-state index is 5.20. The molecule has 0 spiro atoms. The summed E-state index contributed by atoms with van der Waals surface area (Å²) >= 11 is 0. The summed E-state index contributed by atoms with van der Waals surface area (Å²) in [6.07, 6.45) is 2.19. The number of nitrogens with one attached hydrogen (secondary N) is 1. The minimum atomic E-state index is 0.607. The highest BCUT2D eigenvalue weighted by Crippen LogP contribution is 2.17. The molecule has 2 rings (SSSR count). The lowest BCUT2D eigenvalue weighted by atomic mass is 9.92. The van der Waals surface area contributed by atoms with Gasteiger partial charge in [0.15, 0.2) is 0 Å². The Morgan fingerprint density at radius 3 is 2.05 bits per heavy atom. The first-order valence-corrected chi connectivity index (χ1v) is 7.13. The predicted octanol–water partition coefficient (Wildman–Crippen LogP) is 3.32. The lowest BCUT2D eigenvalue weighted by Crippen LogP contribution is -2.22. The number of rotatable bonds is 7. The van der Waals surface area contributed by atoms with Gasteiger partial charge in [-0.15, -0.1) is 0 Å². The second-order valence-electron chi connectivity index (χ2n) is 5.17. The van der Waals surface area contributed by atoms with Gasteiger partial charge in [-0.1, -0.05) is 42.5 Å². The molecule has 0 saturated heterocycles. The van der Waals surface area contributed by atoms with E-state index in [4.69, 9.17) is 4.74 Å². The van der Waals surface area contributed by atoms with Crippen molar-refractivity contribution in [3.05, 3.63) is 65.7 Å². The van der Waals surface area contributed by atoms with Crippen LogP contribution in [0.3, 0.4) is 0 Å². The smallest absolute Gasteiger partial charge is 0.118 e. The molecule has 2 heteroatoms. The third-order valence-corrected chi connectivity index (χ3v) is 3.54. The molecule has 0 bridgehead atoms. The molecule has 0 aliphatic rings. The molecule has 0 fully saturated rings. The third kappa shape index (κ3) is 4.39. The molecule has 0 radical (unpaired) electrons. The summed E-state index contributed by atoms with van der Waals surface area (Å²) in [4.78, 5) is 0. The Morgan fingerprint density at radius 2 is 1.50 bits per heavy atom. The summed E-state index contributed by atoms with van der Waals surface area (Å²) in [7, 11) is 3.72. The standard InChI is InChI=1S/C18H23NO/c1-19-14-17(12-15-6-4-3-5-7-15)13-16-8-10-18(20-2)11-9-16/h3-11,17,19H,12-14H2,1-2H3. The van der Waals surface area contributed by atoms with Gasteiger partial charge in [-0.2, -0.15) is 0 Å². The molecular weight excluding hydrogens is 246 g/mol. The van der Waals surface area contributed by atoms with E-state index in [-0.39, 0.29) is 0 Å². The van der Waals surface area contributed by atoms with Crippen LogP contribution in [-0.2, 0) is 12.8 Å². The van der Waals surface area contributed by atoms with Crippen LogP contribution in [0.4, 0.5) is 0 Å². The molecule has 0 saturated carbocycles. The lowest BCUT2D eigenvalue weighted by Gasteiger charge is -2.17. The summed E-state index contributed by atoms with van der Waals surface area (Å²) in [6.45, 7) is 1.03. The molecular formula is C18H23NO. The number of methoxy groups -OCH3 is 1. The Bertz CT molecular complexity index is 493. The van der Waals surface area contributed by atoms with Crippen LogP contribution in [0.5, 0.6) is 5.75 Å². The van der Waals surface area contributed by atoms with Gasteiger partial charge in [0.05, 0.1) is 7.11 Å². The summed E-state index contributed by atoms with van der Waals surface area (Å²) in [5, 5.41) is 3.31. The lowest BCUT2D eigenvalue weighted by molar-refractivity contribution is 0.414. The summed E-state index contributed by atoms with van der Waals surface area (Å²) < 4.78 is 5.20. The van der Waals surface area contributed by atoms with E-state index in [0.29, 0.717) is 5.92 Å². The Balaban J connectivity index is 2.00. The Labute approximate surface area is 121 Å². The number of ether oxygens (including phenoxy) is 1. The highest BCUT2D eigenvalue weighted by Gasteiger charge is 2.10. The largest absolute Gasteiger partial charge is 0.497 e. The van der Waals surface area contributed by atoms with Gasteiger partial charge in [-0.25, -0.2) is 0 Å². The highest BCUT2D eigenvalue weighted by molar-refractivity contribution is 5.27. The fourth-order valence-corrected chi connectivity index (χ4v) is 2.55. The topological polar surface area (TPSA) is 21.3 Å². The van der Waals surface area contributed by atoms with Gasteiger partial charge in [0.1, 0.15) is 5.75 Å². The minimum Gasteiger partial charge on any atom is -0.497 e. The van der Waals surface area contributed by atoms with E-state index in [2.05, 4.69) is 47.8 Å². The SMILES string of the molecule is CNCC(Cc1ccccc1)Cc1ccc(OC)cc1. The van der Waals surface area contributed by atoms with Crippen molar-refractivity contribution in [1.82, 2.24) is 5.32 Å². The average molecular weight is 269 g/mol. The normalized spacial score (nSPS) is 12.1. The van der Waals surface area contributed by atoms with E-state index in [1.807, 2.05) is 19.2 Å². The Kier molecular flexibility index (Phi) is 5.63. The van der Waals surface area contributed by atoms with E-state index in [9.17, 15) is 0 Å². The van der Waals surface area contributed by atoms with Crippen molar-refractivity contribution in [3.8, 4) is 5.75 Å². The van der Waals surface area contributed by atoms with E-state index >= 15 is 0 Å². The fraction of sp³-hybridized carbons (Fsp3) is 0.333. The molecule has 0 aliphatic heterocycles. The van der Waals surface area contributed by atoms with E-state index in [1.54, 1.807) is 7.11 Å². The van der Waals surface area contributed by atoms with Crippen LogP contribution < -0.4 is 10.1 Å². The zero-order valence-electron chi connectivity index (χ0n) is 12.3. The minimum absolute atomic E-state index is 0.607. The first-order valence-electron chi connectivity index (χ1n) is 7.13. The van der Waals surface area contributed by atoms with E-state index < -0.39 is 0 Å². The maximum Gasteiger partial charge on any atom is 0.118 e. The van der Waals surface area contributed by atoms with Gasteiger partial charge >= 0.3 is 0 Å². The molecule has 0 amide bonds. The zero-order chi connectivity index (χ0) is 14.2. The van der Waals surface area contributed by atoms with Gasteiger partial charge in [0.25, 0.3) is 0 Å². The molecule has 2 nitrogen and oxygen atoms in total. The third-order valence-electron chi connectivity index (χ3n) is 3.54. The molecule has 2 aromatic rings. The monoisotopic (exact) mass is 269 g/mol.